The lowest BCUT2D eigenvalue weighted by atomic mass is 10.1. The van der Waals surface area contributed by atoms with E-state index >= 15 is 0 Å². The third kappa shape index (κ3) is 5.72. The van der Waals surface area contributed by atoms with Crippen LogP contribution in [0.2, 0.25) is 0 Å². The third-order valence-electron chi connectivity index (χ3n) is 3.50. The van der Waals surface area contributed by atoms with Gasteiger partial charge in [0.2, 0.25) is 0 Å². The Kier molecular flexibility index (Phi) is 7.15. The predicted molar refractivity (Wildman–Crippen MR) is 102 cm³/mol. The fraction of sp³-hybridized carbons (Fsp3) is 0.190. The summed E-state index contributed by atoms with van der Waals surface area (Å²) in [4.78, 5) is 24.0. The van der Waals surface area contributed by atoms with Crippen molar-refractivity contribution in [3.05, 3.63) is 65.2 Å². The molecule has 0 aliphatic rings. The molecule has 2 aromatic carbocycles. The summed E-state index contributed by atoms with van der Waals surface area (Å²) in [5.74, 6) is -0.302. The number of rotatable bonds is 7. The lowest BCUT2D eigenvalue weighted by Crippen LogP contribution is -2.13. The molecule has 0 radical (unpaired) electrons. The highest BCUT2D eigenvalue weighted by molar-refractivity contribution is 6.09. The molecule has 27 heavy (non-hydrogen) atoms. The Bertz CT molecular complexity index is 880. The van der Waals surface area contributed by atoms with Gasteiger partial charge in [-0.1, -0.05) is 12.1 Å². The van der Waals surface area contributed by atoms with Crippen molar-refractivity contribution in [3.63, 3.8) is 0 Å². The van der Waals surface area contributed by atoms with Crippen LogP contribution in [0.4, 0.5) is 5.69 Å². The van der Waals surface area contributed by atoms with Crippen LogP contribution in [-0.2, 0) is 9.53 Å². The molecule has 0 fully saturated rings. The van der Waals surface area contributed by atoms with Crippen molar-refractivity contribution in [2.75, 3.05) is 18.5 Å². The summed E-state index contributed by atoms with van der Waals surface area (Å²) in [5, 5.41) is 12.0. The normalized spacial score (nSPS) is 10.6. The zero-order valence-electron chi connectivity index (χ0n) is 15.2. The van der Waals surface area contributed by atoms with E-state index < -0.39 is 11.9 Å². The van der Waals surface area contributed by atoms with Gasteiger partial charge in [0, 0.05) is 5.69 Å². The second kappa shape index (κ2) is 9.78. The summed E-state index contributed by atoms with van der Waals surface area (Å²) in [6.45, 7) is 4.43. The molecule has 0 bridgehead atoms. The molecule has 6 nitrogen and oxygen atoms in total. The van der Waals surface area contributed by atoms with Crippen LogP contribution in [0, 0.1) is 11.3 Å². The monoisotopic (exact) mass is 364 g/mol. The highest BCUT2D eigenvalue weighted by atomic mass is 16.5. The molecule has 2 rings (SSSR count). The van der Waals surface area contributed by atoms with Crippen molar-refractivity contribution >= 4 is 23.6 Å². The zero-order valence-corrected chi connectivity index (χ0v) is 15.2. The molecule has 138 valence electrons. The molecular weight excluding hydrogens is 344 g/mol. The number of benzene rings is 2. The van der Waals surface area contributed by atoms with E-state index in [9.17, 15) is 14.9 Å². The van der Waals surface area contributed by atoms with Gasteiger partial charge < -0.3 is 14.8 Å². The average Bonchev–Trinajstić information content (AvgIpc) is 2.67. The van der Waals surface area contributed by atoms with E-state index in [2.05, 4.69) is 5.32 Å². The van der Waals surface area contributed by atoms with Crippen molar-refractivity contribution in [1.82, 2.24) is 0 Å². The summed E-state index contributed by atoms with van der Waals surface area (Å²) in [6, 6.07) is 15.3. The van der Waals surface area contributed by atoms with Crippen molar-refractivity contribution in [2.45, 2.75) is 13.8 Å². The minimum absolute atomic E-state index is 0.0434. The molecule has 0 atom stereocenters. The third-order valence-corrected chi connectivity index (χ3v) is 3.50. The number of nitriles is 1. The van der Waals surface area contributed by atoms with Gasteiger partial charge in [-0.25, -0.2) is 4.79 Å². The second-order valence-electron chi connectivity index (χ2n) is 5.43. The standard InChI is InChI=1S/C21H20N2O4/c1-3-26-19-7-5-6-15(13-19)12-17(14-22)20(24)23-18-10-8-16(9-11-18)21(25)27-4-2/h5-13H,3-4H2,1-2H3,(H,23,24)/b17-12+. The maximum absolute atomic E-state index is 12.4. The molecular formula is C21H20N2O4. The van der Waals surface area contributed by atoms with Crippen LogP contribution in [0.3, 0.4) is 0 Å². The van der Waals surface area contributed by atoms with Crippen LogP contribution in [-0.4, -0.2) is 25.1 Å². The molecule has 6 heteroatoms. The lowest BCUT2D eigenvalue weighted by Gasteiger charge is -2.07. The number of anilines is 1. The number of hydrogen-bond donors (Lipinski definition) is 1. The number of nitrogens with one attached hydrogen (secondary N) is 1. The molecule has 0 aliphatic carbocycles. The molecule has 0 spiro atoms. The van der Waals surface area contributed by atoms with Gasteiger partial charge in [-0.05, 0) is 61.9 Å². The minimum atomic E-state index is -0.539. The quantitative estimate of drug-likeness (QED) is 0.458. The summed E-state index contributed by atoms with van der Waals surface area (Å²) < 4.78 is 10.3. The Morgan fingerprint density at radius 2 is 1.85 bits per heavy atom. The SMILES string of the molecule is CCOC(=O)c1ccc(NC(=O)/C(C#N)=C/c2cccc(OCC)c2)cc1. The van der Waals surface area contributed by atoms with Gasteiger partial charge in [-0.15, -0.1) is 0 Å². The number of esters is 1. The van der Waals surface area contributed by atoms with Crippen LogP contribution in [0.25, 0.3) is 6.08 Å². The number of amides is 1. The molecule has 2 aromatic rings. The van der Waals surface area contributed by atoms with Gasteiger partial charge in [-0.3, -0.25) is 4.79 Å². The summed E-state index contributed by atoms with van der Waals surface area (Å²) in [5.41, 5.74) is 1.50. The molecule has 1 amide bonds. The molecule has 1 N–H and O–H groups in total. The van der Waals surface area contributed by atoms with E-state index in [0.29, 0.717) is 29.2 Å². The molecule has 0 saturated carbocycles. The average molecular weight is 364 g/mol. The van der Waals surface area contributed by atoms with Gasteiger partial charge in [-0.2, -0.15) is 5.26 Å². The number of carbonyl (C=O) groups is 2. The minimum Gasteiger partial charge on any atom is -0.494 e. The first-order valence-corrected chi connectivity index (χ1v) is 8.50. The number of ether oxygens (including phenoxy) is 2. The summed E-state index contributed by atoms with van der Waals surface area (Å²) >= 11 is 0. The zero-order chi connectivity index (χ0) is 19.6. The maximum Gasteiger partial charge on any atom is 0.338 e. The second-order valence-corrected chi connectivity index (χ2v) is 5.43. The highest BCUT2D eigenvalue weighted by Gasteiger charge is 2.11. The molecule has 0 saturated heterocycles. The van der Waals surface area contributed by atoms with Gasteiger partial charge >= 0.3 is 5.97 Å². The Morgan fingerprint density at radius 1 is 1.11 bits per heavy atom. The van der Waals surface area contributed by atoms with E-state index in [1.165, 1.54) is 6.08 Å². The Balaban J connectivity index is 2.12. The van der Waals surface area contributed by atoms with Crippen LogP contribution in [0.5, 0.6) is 5.75 Å². The van der Waals surface area contributed by atoms with Crippen molar-refractivity contribution < 1.29 is 19.1 Å². The van der Waals surface area contributed by atoms with E-state index in [1.54, 1.807) is 55.5 Å². The fourth-order valence-corrected chi connectivity index (χ4v) is 2.28. The van der Waals surface area contributed by atoms with Crippen LogP contribution in [0.15, 0.2) is 54.1 Å². The Morgan fingerprint density at radius 3 is 2.48 bits per heavy atom. The Hall–Kier alpha value is -3.59. The summed E-state index contributed by atoms with van der Waals surface area (Å²) in [7, 11) is 0. The van der Waals surface area contributed by atoms with Crippen molar-refractivity contribution in [3.8, 4) is 11.8 Å². The van der Waals surface area contributed by atoms with Gasteiger partial charge in [0.15, 0.2) is 0 Å². The van der Waals surface area contributed by atoms with Crippen molar-refractivity contribution in [2.24, 2.45) is 0 Å². The van der Waals surface area contributed by atoms with Gasteiger partial charge in [0.1, 0.15) is 17.4 Å². The Labute approximate surface area is 158 Å². The van der Waals surface area contributed by atoms with E-state index in [-0.39, 0.29) is 12.2 Å². The number of carbonyl (C=O) groups excluding carboxylic acids is 2. The molecule has 0 heterocycles. The van der Waals surface area contributed by atoms with Crippen LogP contribution in [0.1, 0.15) is 29.8 Å². The van der Waals surface area contributed by atoms with E-state index in [1.807, 2.05) is 13.0 Å². The highest BCUT2D eigenvalue weighted by Crippen LogP contribution is 2.17. The first-order valence-electron chi connectivity index (χ1n) is 8.50. The lowest BCUT2D eigenvalue weighted by molar-refractivity contribution is -0.112. The first-order chi connectivity index (χ1) is 13.1. The smallest absolute Gasteiger partial charge is 0.338 e. The first kappa shape index (κ1) is 19.7. The molecule has 0 unspecified atom stereocenters. The maximum atomic E-state index is 12.4. The number of hydrogen-bond acceptors (Lipinski definition) is 5. The van der Waals surface area contributed by atoms with Gasteiger partial charge in [0.05, 0.1) is 18.8 Å². The van der Waals surface area contributed by atoms with Crippen molar-refractivity contribution in [1.29, 1.82) is 5.26 Å². The topological polar surface area (TPSA) is 88.4 Å². The van der Waals surface area contributed by atoms with Gasteiger partial charge in [0.25, 0.3) is 5.91 Å². The summed E-state index contributed by atoms with van der Waals surface area (Å²) in [6.07, 6.45) is 1.49. The fourth-order valence-electron chi connectivity index (χ4n) is 2.28. The molecule has 0 aromatic heterocycles. The predicted octanol–water partition coefficient (Wildman–Crippen LogP) is 3.81. The number of nitrogens with zero attached hydrogens (tertiary/aromatic N) is 1. The van der Waals surface area contributed by atoms with E-state index in [0.717, 1.165) is 0 Å². The molecule has 0 aliphatic heterocycles. The van der Waals surface area contributed by atoms with E-state index in [4.69, 9.17) is 9.47 Å². The largest absolute Gasteiger partial charge is 0.494 e. The van der Waals surface area contributed by atoms with Crippen LogP contribution >= 0.6 is 0 Å². The van der Waals surface area contributed by atoms with Crippen LogP contribution < -0.4 is 10.1 Å².